The largest absolute Gasteiger partial charge is 0.479 e. The second-order valence-corrected chi connectivity index (χ2v) is 5.00. The Morgan fingerprint density at radius 3 is 2.89 bits per heavy atom. The summed E-state index contributed by atoms with van der Waals surface area (Å²) in [7, 11) is 0. The molecule has 3 rings (SSSR count). The summed E-state index contributed by atoms with van der Waals surface area (Å²) in [4.78, 5) is 8.48. The van der Waals surface area contributed by atoms with E-state index < -0.39 is 5.25 Å². The number of rotatable bonds is 3. The Bertz CT molecular complexity index is 730. The number of nitrogens with zero attached hydrogens (tertiary/aromatic N) is 2. The highest BCUT2D eigenvalue weighted by Crippen LogP contribution is 2.27. The van der Waals surface area contributed by atoms with Crippen LogP contribution < -0.4 is 0 Å². The van der Waals surface area contributed by atoms with Crippen molar-refractivity contribution in [3.8, 4) is 0 Å². The van der Waals surface area contributed by atoms with Crippen LogP contribution in [0, 0.1) is 0 Å². The fourth-order valence-electron chi connectivity index (χ4n) is 1.78. The smallest absolute Gasteiger partial charge is 0.435 e. The van der Waals surface area contributed by atoms with Gasteiger partial charge in [-0.3, -0.25) is 4.98 Å². The van der Waals surface area contributed by atoms with Crippen molar-refractivity contribution >= 4 is 34.4 Å². The fourth-order valence-corrected chi connectivity index (χ4v) is 2.37. The summed E-state index contributed by atoms with van der Waals surface area (Å²) in [6.45, 7) is 0. The van der Waals surface area contributed by atoms with Gasteiger partial charge in [0.2, 0.25) is 0 Å². The summed E-state index contributed by atoms with van der Waals surface area (Å²) in [5.74, 6) is 0.343. The molecule has 0 N–H and O–H groups in total. The predicted molar refractivity (Wildman–Crippen MR) is 73.2 cm³/mol. The number of pyridine rings is 1. The van der Waals surface area contributed by atoms with Crippen molar-refractivity contribution in [2.45, 2.75) is 5.25 Å². The lowest BCUT2D eigenvalue weighted by molar-refractivity contribution is 0.530. The van der Waals surface area contributed by atoms with E-state index >= 15 is 0 Å². The third kappa shape index (κ3) is 2.34. The molecule has 6 heteroatoms. The number of halogens is 1. The van der Waals surface area contributed by atoms with Gasteiger partial charge in [0.15, 0.2) is 5.58 Å². The second-order valence-electron chi connectivity index (χ2n) is 3.90. The van der Waals surface area contributed by atoms with Crippen LogP contribution in [-0.2, 0) is 15.9 Å². The third-order valence-corrected chi connectivity index (χ3v) is 3.51. The van der Waals surface area contributed by atoms with Crippen molar-refractivity contribution in [1.29, 1.82) is 0 Å². The molecule has 0 aliphatic carbocycles. The number of hydrogen-bond acceptors (Lipinski definition) is 4. The maximum Gasteiger partial charge on any atom is 0.479 e. The molecule has 1 atom stereocenters. The van der Waals surface area contributed by atoms with Crippen molar-refractivity contribution < 1.29 is 8.63 Å². The van der Waals surface area contributed by atoms with Gasteiger partial charge in [0.1, 0.15) is 11.2 Å². The molecule has 0 saturated heterocycles. The highest BCUT2D eigenvalue weighted by Gasteiger charge is 2.33. The standard InChI is InChI=1S/C13H8ClN2O2S/c14-8-4-5-11-10(7-8)16-13(18-11)12(19-17)9-3-1-2-6-15-9/h1-7,12H/q+1. The molecular weight excluding hydrogens is 284 g/mol. The average Bonchev–Trinajstić information content (AvgIpc) is 2.83. The molecule has 0 saturated carbocycles. The lowest BCUT2D eigenvalue weighted by atomic mass is 10.2. The first kappa shape index (κ1) is 12.2. The van der Waals surface area contributed by atoms with Crippen LogP contribution in [0.2, 0.25) is 5.02 Å². The highest BCUT2D eigenvalue weighted by molar-refractivity contribution is 7.66. The Morgan fingerprint density at radius 2 is 2.16 bits per heavy atom. The van der Waals surface area contributed by atoms with Crippen LogP contribution in [0.25, 0.3) is 11.1 Å². The van der Waals surface area contributed by atoms with E-state index in [-0.39, 0.29) is 0 Å². The number of hydrogen-bond donors (Lipinski definition) is 0. The first-order chi connectivity index (χ1) is 9.28. The molecule has 2 heterocycles. The maximum atomic E-state index is 11.3. The Hall–Kier alpha value is -1.85. The first-order valence-electron chi connectivity index (χ1n) is 5.53. The van der Waals surface area contributed by atoms with E-state index in [2.05, 4.69) is 9.97 Å². The fraction of sp³-hybridized carbons (Fsp3) is 0.0769. The van der Waals surface area contributed by atoms with Crippen molar-refractivity contribution in [2.75, 3.05) is 0 Å². The molecule has 19 heavy (non-hydrogen) atoms. The minimum atomic E-state index is -0.563. The molecule has 1 aromatic carbocycles. The predicted octanol–water partition coefficient (Wildman–Crippen LogP) is 3.39. The molecule has 4 nitrogen and oxygen atoms in total. The lowest BCUT2D eigenvalue weighted by Gasteiger charge is -1.94. The Labute approximate surface area is 117 Å². The average molecular weight is 292 g/mol. The van der Waals surface area contributed by atoms with Crippen LogP contribution in [0.5, 0.6) is 0 Å². The van der Waals surface area contributed by atoms with Crippen LogP contribution in [0.3, 0.4) is 0 Å². The normalized spacial score (nSPS) is 12.5. The minimum Gasteiger partial charge on any atom is -0.435 e. The maximum absolute atomic E-state index is 11.3. The van der Waals surface area contributed by atoms with Gasteiger partial charge in [-0.1, -0.05) is 17.7 Å². The van der Waals surface area contributed by atoms with Crippen molar-refractivity contribution in [1.82, 2.24) is 9.97 Å². The van der Waals surface area contributed by atoms with E-state index in [1.807, 2.05) is 6.07 Å². The monoisotopic (exact) mass is 291 g/mol. The van der Waals surface area contributed by atoms with Gasteiger partial charge in [-0.05, 0) is 30.3 Å². The molecule has 0 radical (unpaired) electrons. The molecule has 0 aliphatic heterocycles. The summed E-state index contributed by atoms with van der Waals surface area (Å²) >= 11 is 6.29. The van der Waals surface area contributed by atoms with Gasteiger partial charge in [0.05, 0.1) is 0 Å². The third-order valence-electron chi connectivity index (χ3n) is 2.64. The topological polar surface area (TPSA) is 56.0 Å². The molecule has 2 aromatic heterocycles. The molecule has 0 fully saturated rings. The van der Waals surface area contributed by atoms with E-state index in [1.54, 1.807) is 36.5 Å². The highest BCUT2D eigenvalue weighted by atomic mass is 35.5. The van der Waals surface area contributed by atoms with Gasteiger partial charge in [0, 0.05) is 15.4 Å². The number of benzene rings is 1. The van der Waals surface area contributed by atoms with E-state index in [0.717, 1.165) is 0 Å². The second kappa shape index (κ2) is 5.03. The summed E-state index contributed by atoms with van der Waals surface area (Å²) in [6, 6.07) is 10.6. The number of oxazole rings is 1. The van der Waals surface area contributed by atoms with Crippen LogP contribution in [0.15, 0.2) is 47.0 Å². The van der Waals surface area contributed by atoms with Crippen LogP contribution >= 0.6 is 11.6 Å². The van der Waals surface area contributed by atoms with Gasteiger partial charge in [-0.2, -0.15) is 0 Å². The molecule has 0 aliphatic rings. The lowest BCUT2D eigenvalue weighted by Crippen LogP contribution is -2.01. The van der Waals surface area contributed by atoms with Gasteiger partial charge in [0.25, 0.3) is 5.89 Å². The summed E-state index contributed by atoms with van der Waals surface area (Å²) in [6.07, 6.45) is 1.64. The zero-order valence-corrected chi connectivity index (χ0v) is 11.2. The number of aromatic nitrogens is 2. The molecule has 0 bridgehead atoms. The molecule has 0 spiro atoms. The van der Waals surface area contributed by atoms with Crippen LogP contribution in [0.4, 0.5) is 0 Å². The zero-order valence-electron chi connectivity index (χ0n) is 9.62. The van der Waals surface area contributed by atoms with Crippen LogP contribution in [-0.4, -0.2) is 9.97 Å². The van der Waals surface area contributed by atoms with E-state index in [9.17, 15) is 4.21 Å². The quantitative estimate of drug-likeness (QED) is 0.694. The summed E-state index contributed by atoms with van der Waals surface area (Å²) < 4.78 is 16.9. The van der Waals surface area contributed by atoms with Crippen molar-refractivity contribution in [2.24, 2.45) is 0 Å². The van der Waals surface area contributed by atoms with Gasteiger partial charge in [-0.15, -0.1) is 0 Å². The Kier molecular flexibility index (Phi) is 3.23. The van der Waals surface area contributed by atoms with Crippen LogP contribution in [0.1, 0.15) is 16.8 Å². The first-order valence-corrected chi connectivity index (χ1v) is 6.72. The zero-order chi connectivity index (χ0) is 13.2. The molecule has 94 valence electrons. The molecule has 3 aromatic rings. The van der Waals surface area contributed by atoms with E-state index in [1.165, 1.54) is 0 Å². The molecule has 1 unspecified atom stereocenters. The van der Waals surface area contributed by atoms with Crippen molar-refractivity contribution in [3.05, 3.63) is 59.2 Å². The Morgan fingerprint density at radius 1 is 1.26 bits per heavy atom. The van der Waals surface area contributed by atoms with E-state index in [4.69, 9.17) is 16.0 Å². The van der Waals surface area contributed by atoms with Gasteiger partial charge in [-0.25, -0.2) is 4.98 Å². The molecule has 0 amide bonds. The van der Waals surface area contributed by atoms with Gasteiger partial charge >= 0.3 is 16.9 Å². The SMILES string of the molecule is O=[S+]C(c1ccccn1)c1nc2cc(Cl)ccc2o1. The minimum absolute atomic E-state index is 0.343. The van der Waals surface area contributed by atoms with E-state index in [0.29, 0.717) is 39.4 Å². The number of fused-ring (bicyclic) bond motifs is 1. The van der Waals surface area contributed by atoms with Crippen molar-refractivity contribution in [3.63, 3.8) is 0 Å². The Balaban J connectivity index is 2.09. The molecular formula is C13H8ClN2O2S+. The van der Waals surface area contributed by atoms with Gasteiger partial charge < -0.3 is 4.42 Å². The summed E-state index contributed by atoms with van der Waals surface area (Å²) in [5, 5.41) is 0.0175. The summed E-state index contributed by atoms with van der Waals surface area (Å²) in [5.41, 5.74) is 1.87.